The Kier molecular flexibility index (Phi) is 4.34. The van der Waals surface area contributed by atoms with Gasteiger partial charge in [0.1, 0.15) is 5.15 Å². The van der Waals surface area contributed by atoms with Gasteiger partial charge in [0.2, 0.25) is 0 Å². The van der Waals surface area contributed by atoms with Crippen molar-refractivity contribution in [3.05, 3.63) is 29.0 Å². The van der Waals surface area contributed by atoms with E-state index in [0.717, 1.165) is 13.0 Å². The summed E-state index contributed by atoms with van der Waals surface area (Å²) < 4.78 is 0. The SMILES string of the molecule is O=C(NC[C@H]1CCCCN1)c1cccnc1Cl. The average molecular weight is 254 g/mol. The molecule has 5 heteroatoms. The van der Waals surface area contributed by atoms with Crippen LogP contribution in [0.1, 0.15) is 29.6 Å². The predicted molar refractivity (Wildman–Crippen MR) is 67.2 cm³/mol. The maximum absolute atomic E-state index is 11.8. The molecule has 0 radical (unpaired) electrons. The third-order valence-electron chi connectivity index (χ3n) is 2.93. The number of nitrogens with zero attached hydrogens (tertiary/aromatic N) is 1. The molecule has 1 aliphatic rings. The maximum atomic E-state index is 11.8. The first-order valence-electron chi connectivity index (χ1n) is 5.89. The van der Waals surface area contributed by atoms with Crippen LogP contribution in [-0.4, -0.2) is 30.0 Å². The first-order valence-corrected chi connectivity index (χ1v) is 6.27. The van der Waals surface area contributed by atoms with Gasteiger partial charge in [-0.2, -0.15) is 0 Å². The molecule has 2 rings (SSSR count). The molecule has 1 atom stereocenters. The largest absolute Gasteiger partial charge is 0.350 e. The Morgan fingerprint density at radius 2 is 2.47 bits per heavy atom. The molecule has 92 valence electrons. The van der Waals surface area contributed by atoms with Gasteiger partial charge in [0.15, 0.2) is 0 Å². The summed E-state index contributed by atoms with van der Waals surface area (Å²) in [5, 5.41) is 6.51. The van der Waals surface area contributed by atoms with Gasteiger partial charge in [-0.3, -0.25) is 4.79 Å². The molecule has 4 nitrogen and oxygen atoms in total. The van der Waals surface area contributed by atoms with Crippen molar-refractivity contribution in [2.24, 2.45) is 0 Å². The Balaban J connectivity index is 1.87. The van der Waals surface area contributed by atoms with Gasteiger partial charge in [-0.05, 0) is 31.5 Å². The highest BCUT2D eigenvalue weighted by molar-refractivity contribution is 6.32. The molecule has 0 spiro atoms. The number of amides is 1. The number of hydrogen-bond acceptors (Lipinski definition) is 3. The topological polar surface area (TPSA) is 54.0 Å². The molecule has 1 aliphatic heterocycles. The second kappa shape index (κ2) is 5.98. The van der Waals surface area contributed by atoms with E-state index in [1.54, 1.807) is 18.3 Å². The number of rotatable bonds is 3. The Hall–Kier alpha value is -1.13. The second-order valence-electron chi connectivity index (χ2n) is 4.20. The van der Waals surface area contributed by atoms with Gasteiger partial charge in [-0.25, -0.2) is 4.98 Å². The van der Waals surface area contributed by atoms with Crippen LogP contribution in [0.3, 0.4) is 0 Å². The lowest BCUT2D eigenvalue weighted by molar-refractivity contribution is 0.0947. The number of carbonyl (C=O) groups excluding carboxylic acids is 1. The second-order valence-corrected chi connectivity index (χ2v) is 4.56. The van der Waals surface area contributed by atoms with E-state index in [-0.39, 0.29) is 11.1 Å². The third-order valence-corrected chi connectivity index (χ3v) is 3.23. The molecule has 2 N–H and O–H groups in total. The van der Waals surface area contributed by atoms with Gasteiger partial charge in [0.05, 0.1) is 5.56 Å². The normalized spacial score (nSPS) is 19.9. The van der Waals surface area contributed by atoms with E-state index in [1.165, 1.54) is 12.8 Å². The molecule has 0 aliphatic carbocycles. The highest BCUT2D eigenvalue weighted by Crippen LogP contribution is 2.11. The zero-order chi connectivity index (χ0) is 12.1. The molecule has 17 heavy (non-hydrogen) atoms. The van der Waals surface area contributed by atoms with Gasteiger partial charge >= 0.3 is 0 Å². The van der Waals surface area contributed by atoms with Crippen molar-refractivity contribution in [1.29, 1.82) is 0 Å². The summed E-state index contributed by atoms with van der Waals surface area (Å²) in [7, 11) is 0. The predicted octanol–water partition coefficient (Wildman–Crippen LogP) is 1.61. The zero-order valence-corrected chi connectivity index (χ0v) is 10.3. The Morgan fingerprint density at radius 3 is 3.18 bits per heavy atom. The van der Waals surface area contributed by atoms with Crippen LogP contribution in [0.5, 0.6) is 0 Å². The summed E-state index contributed by atoms with van der Waals surface area (Å²) in [6.45, 7) is 1.68. The summed E-state index contributed by atoms with van der Waals surface area (Å²) in [5.74, 6) is -0.157. The standard InChI is InChI=1S/C12H16ClN3O/c13-11-10(5-3-7-15-11)12(17)16-8-9-4-1-2-6-14-9/h3,5,7,9,14H,1-2,4,6,8H2,(H,16,17)/t9-/m1/s1. The van der Waals surface area contributed by atoms with Crippen molar-refractivity contribution >= 4 is 17.5 Å². The fraction of sp³-hybridized carbons (Fsp3) is 0.500. The minimum Gasteiger partial charge on any atom is -0.350 e. The van der Waals surface area contributed by atoms with Crippen LogP contribution in [0.15, 0.2) is 18.3 Å². The summed E-state index contributed by atoms with van der Waals surface area (Å²) in [4.78, 5) is 15.7. The lowest BCUT2D eigenvalue weighted by Gasteiger charge is -2.23. The summed E-state index contributed by atoms with van der Waals surface area (Å²) in [6, 6.07) is 3.77. The van der Waals surface area contributed by atoms with Crippen molar-refractivity contribution in [3.8, 4) is 0 Å². The minimum absolute atomic E-state index is 0.157. The molecule has 2 heterocycles. The fourth-order valence-electron chi connectivity index (χ4n) is 1.96. The van der Waals surface area contributed by atoms with Crippen LogP contribution in [0.2, 0.25) is 5.15 Å². The number of pyridine rings is 1. The Labute approximate surface area is 106 Å². The highest BCUT2D eigenvalue weighted by atomic mass is 35.5. The lowest BCUT2D eigenvalue weighted by Crippen LogP contribution is -2.43. The van der Waals surface area contributed by atoms with E-state index in [1.807, 2.05) is 0 Å². The number of halogens is 1. The Bertz CT molecular complexity index is 391. The molecule has 0 aromatic carbocycles. The molecule has 0 unspecified atom stereocenters. The minimum atomic E-state index is -0.157. The summed E-state index contributed by atoms with van der Waals surface area (Å²) in [6.07, 6.45) is 5.13. The van der Waals surface area contributed by atoms with E-state index in [0.29, 0.717) is 18.2 Å². The maximum Gasteiger partial charge on any atom is 0.254 e. The molecule has 0 bridgehead atoms. The van der Waals surface area contributed by atoms with Crippen molar-refractivity contribution in [2.45, 2.75) is 25.3 Å². The van der Waals surface area contributed by atoms with Crippen LogP contribution in [0.25, 0.3) is 0 Å². The van der Waals surface area contributed by atoms with Gasteiger partial charge < -0.3 is 10.6 Å². The number of hydrogen-bond donors (Lipinski definition) is 2. The highest BCUT2D eigenvalue weighted by Gasteiger charge is 2.15. The van der Waals surface area contributed by atoms with Gasteiger partial charge in [-0.1, -0.05) is 18.0 Å². The number of nitrogens with one attached hydrogen (secondary N) is 2. The number of carbonyl (C=O) groups is 1. The van der Waals surface area contributed by atoms with Crippen LogP contribution in [-0.2, 0) is 0 Å². The third kappa shape index (κ3) is 3.41. The average Bonchev–Trinajstić information content (AvgIpc) is 2.38. The molecule has 0 saturated carbocycles. The molecular weight excluding hydrogens is 238 g/mol. The first kappa shape index (κ1) is 12.3. The van der Waals surface area contributed by atoms with Crippen molar-refractivity contribution in [1.82, 2.24) is 15.6 Å². The fourth-order valence-corrected chi connectivity index (χ4v) is 2.17. The van der Waals surface area contributed by atoms with Crippen molar-refractivity contribution in [2.75, 3.05) is 13.1 Å². The van der Waals surface area contributed by atoms with Crippen molar-refractivity contribution in [3.63, 3.8) is 0 Å². The van der Waals surface area contributed by atoms with Gasteiger partial charge in [0.25, 0.3) is 5.91 Å². The monoisotopic (exact) mass is 253 g/mol. The quantitative estimate of drug-likeness (QED) is 0.805. The van der Waals surface area contributed by atoms with Gasteiger partial charge in [0, 0.05) is 18.8 Å². The molecule has 1 aromatic rings. The van der Waals surface area contributed by atoms with E-state index >= 15 is 0 Å². The molecule has 1 amide bonds. The molecule has 1 saturated heterocycles. The van der Waals surface area contributed by atoms with Crippen molar-refractivity contribution < 1.29 is 4.79 Å². The van der Waals surface area contributed by atoms with Gasteiger partial charge in [-0.15, -0.1) is 0 Å². The van der Waals surface area contributed by atoms with Crippen LogP contribution in [0.4, 0.5) is 0 Å². The van der Waals surface area contributed by atoms with Crippen LogP contribution >= 0.6 is 11.6 Å². The number of piperidine rings is 1. The molecule has 1 aromatic heterocycles. The summed E-state index contributed by atoms with van der Waals surface area (Å²) >= 11 is 5.85. The van der Waals surface area contributed by atoms with Crippen LogP contribution < -0.4 is 10.6 Å². The zero-order valence-electron chi connectivity index (χ0n) is 9.58. The van der Waals surface area contributed by atoms with Crippen LogP contribution in [0, 0.1) is 0 Å². The molecular formula is C12H16ClN3O. The van der Waals surface area contributed by atoms with E-state index in [2.05, 4.69) is 15.6 Å². The summed E-state index contributed by atoms with van der Waals surface area (Å²) in [5.41, 5.74) is 0.435. The van der Waals surface area contributed by atoms with E-state index in [4.69, 9.17) is 11.6 Å². The Morgan fingerprint density at radius 1 is 1.59 bits per heavy atom. The first-order chi connectivity index (χ1) is 8.27. The smallest absolute Gasteiger partial charge is 0.254 e. The lowest BCUT2D eigenvalue weighted by atomic mass is 10.1. The molecule has 1 fully saturated rings. The number of aromatic nitrogens is 1. The van der Waals surface area contributed by atoms with E-state index < -0.39 is 0 Å². The van der Waals surface area contributed by atoms with E-state index in [9.17, 15) is 4.79 Å².